The second-order valence-electron chi connectivity index (χ2n) is 7.33. The van der Waals surface area contributed by atoms with Crippen LogP contribution >= 0.6 is 0 Å². The number of hydrogen-bond donors (Lipinski definition) is 0. The monoisotopic (exact) mass is 374 g/mol. The van der Waals surface area contributed by atoms with E-state index in [1.54, 1.807) is 12.1 Å². The first kappa shape index (κ1) is 21.2. The molecule has 0 aliphatic rings. The highest BCUT2D eigenvalue weighted by atomic mass is 19.1. The number of esters is 1. The van der Waals surface area contributed by atoms with Gasteiger partial charge in [-0.1, -0.05) is 26.0 Å². The lowest BCUT2D eigenvalue weighted by Crippen LogP contribution is -2.41. The van der Waals surface area contributed by atoms with Crippen LogP contribution in [0.2, 0.25) is 0 Å². The van der Waals surface area contributed by atoms with E-state index >= 15 is 0 Å². The number of benzene rings is 1. The van der Waals surface area contributed by atoms with Crippen LogP contribution in [0.1, 0.15) is 45.4 Å². The fourth-order valence-corrected chi connectivity index (χ4v) is 2.99. The Labute approximate surface area is 161 Å². The van der Waals surface area contributed by atoms with Gasteiger partial charge in [-0.05, 0) is 62.6 Å². The van der Waals surface area contributed by atoms with E-state index in [9.17, 15) is 9.18 Å². The minimum absolute atomic E-state index is 0.183. The quantitative estimate of drug-likeness (QED) is 0.575. The summed E-state index contributed by atoms with van der Waals surface area (Å²) in [6.45, 7) is 10.7. The zero-order valence-electron chi connectivity index (χ0n) is 16.8. The van der Waals surface area contributed by atoms with Crippen molar-refractivity contribution in [3.05, 3.63) is 59.7 Å². The number of carbonyl (C=O) groups excluding carboxylic acids is 1. The van der Waals surface area contributed by atoms with Gasteiger partial charge in [0.1, 0.15) is 11.9 Å². The molecule has 1 heterocycles. The molecule has 0 aliphatic carbocycles. The van der Waals surface area contributed by atoms with Crippen molar-refractivity contribution in [2.45, 2.75) is 53.2 Å². The Bertz CT molecular complexity index is 709. The number of ether oxygens (including phenoxy) is 1. The van der Waals surface area contributed by atoms with Gasteiger partial charge in [0.2, 0.25) is 0 Å². The maximum atomic E-state index is 13.1. The summed E-state index contributed by atoms with van der Waals surface area (Å²) < 4.78 is 20.5. The number of hydrogen-bond acceptors (Lipinski definition) is 3. The predicted octanol–water partition coefficient (Wildman–Crippen LogP) is 4.48. The van der Waals surface area contributed by atoms with Crippen LogP contribution in [0.3, 0.4) is 0 Å². The summed E-state index contributed by atoms with van der Waals surface area (Å²) in [5, 5.41) is 0. The largest absolute Gasteiger partial charge is 0.465 e. The van der Waals surface area contributed by atoms with E-state index in [4.69, 9.17) is 4.74 Å². The van der Waals surface area contributed by atoms with E-state index in [2.05, 4.69) is 29.4 Å². The van der Waals surface area contributed by atoms with Gasteiger partial charge in [0.25, 0.3) is 0 Å². The van der Waals surface area contributed by atoms with Crippen LogP contribution in [0.25, 0.3) is 0 Å². The van der Waals surface area contributed by atoms with E-state index in [0.717, 1.165) is 24.2 Å². The van der Waals surface area contributed by atoms with Gasteiger partial charge in [-0.15, -0.1) is 0 Å². The van der Waals surface area contributed by atoms with Crippen molar-refractivity contribution in [1.29, 1.82) is 0 Å². The van der Waals surface area contributed by atoms with Crippen LogP contribution in [-0.4, -0.2) is 34.6 Å². The van der Waals surface area contributed by atoms with Crippen LogP contribution in [-0.2, 0) is 22.6 Å². The van der Waals surface area contributed by atoms with Gasteiger partial charge in [-0.25, -0.2) is 4.39 Å². The normalized spacial score (nSPS) is 12.6. The lowest BCUT2D eigenvalue weighted by atomic mass is 10.1. The van der Waals surface area contributed by atoms with Crippen molar-refractivity contribution in [2.75, 3.05) is 13.2 Å². The molecule has 0 bridgehead atoms. The van der Waals surface area contributed by atoms with Gasteiger partial charge in [0.05, 0.1) is 6.61 Å². The molecule has 0 saturated carbocycles. The molecule has 0 amide bonds. The molecular formula is C22H31FN2O2. The van der Waals surface area contributed by atoms with Crippen molar-refractivity contribution in [1.82, 2.24) is 9.47 Å². The molecule has 1 aromatic carbocycles. The number of aromatic nitrogens is 1. The van der Waals surface area contributed by atoms with Crippen molar-refractivity contribution in [3.8, 4) is 0 Å². The minimum atomic E-state index is -0.294. The van der Waals surface area contributed by atoms with Crippen LogP contribution < -0.4 is 0 Å². The Balaban J connectivity index is 2.13. The number of halogens is 1. The Kier molecular flexibility index (Phi) is 8.04. The summed E-state index contributed by atoms with van der Waals surface area (Å²) in [7, 11) is 0. The summed E-state index contributed by atoms with van der Waals surface area (Å²) in [6, 6.07) is 10.4. The van der Waals surface area contributed by atoms with Gasteiger partial charge in [-0.3, -0.25) is 9.69 Å². The molecule has 0 fully saturated rings. The highest BCUT2D eigenvalue weighted by molar-refractivity contribution is 5.75. The van der Waals surface area contributed by atoms with Gasteiger partial charge >= 0.3 is 5.97 Å². The second-order valence-corrected chi connectivity index (χ2v) is 7.33. The summed E-state index contributed by atoms with van der Waals surface area (Å²) in [5.41, 5.74) is 2.17. The number of carbonyl (C=O) groups is 1. The SMILES string of the molecule is CCOC(=O)C(C)N(CCC(C)C)Cc1cccn1Cc1ccc(F)cc1. The standard InChI is InChI=1S/C22H31FN2O2/c1-5-27-22(26)18(4)24(14-12-17(2)3)16-21-7-6-13-25(21)15-19-8-10-20(23)11-9-19/h6-11,13,17-18H,5,12,14-16H2,1-4H3. The molecule has 0 radical (unpaired) electrons. The van der Waals surface area contributed by atoms with Crippen molar-refractivity contribution in [2.24, 2.45) is 5.92 Å². The summed E-state index contributed by atoms with van der Waals surface area (Å²) in [4.78, 5) is 14.4. The lowest BCUT2D eigenvalue weighted by Gasteiger charge is -2.28. The van der Waals surface area contributed by atoms with E-state index in [0.29, 0.717) is 25.6 Å². The molecule has 0 saturated heterocycles. The Morgan fingerprint density at radius 1 is 1.19 bits per heavy atom. The molecule has 0 spiro atoms. The molecule has 2 aromatic rings. The van der Waals surface area contributed by atoms with Crippen LogP contribution in [0.4, 0.5) is 4.39 Å². The second kappa shape index (κ2) is 10.3. The molecule has 4 nitrogen and oxygen atoms in total. The van der Waals surface area contributed by atoms with Gasteiger partial charge < -0.3 is 9.30 Å². The van der Waals surface area contributed by atoms with Crippen molar-refractivity contribution < 1.29 is 13.9 Å². The third-order valence-electron chi connectivity index (χ3n) is 4.72. The molecule has 1 unspecified atom stereocenters. The lowest BCUT2D eigenvalue weighted by molar-refractivity contribution is -0.149. The fourth-order valence-electron chi connectivity index (χ4n) is 2.99. The minimum Gasteiger partial charge on any atom is -0.465 e. The summed E-state index contributed by atoms with van der Waals surface area (Å²) in [6.07, 6.45) is 3.04. The highest BCUT2D eigenvalue weighted by Crippen LogP contribution is 2.15. The molecule has 5 heteroatoms. The molecular weight excluding hydrogens is 343 g/mol. The number of rotatable bonds is 10. The topological polar surface area (TPSA) is 34.5 Å². The molecule has 1 atom stereocenters. The third-order valence-corrected chi connectivity index (χ3v) is 4.72. The van der Waals surface area contributed by atoms with Crippen LogP contribution in [0, 0.1) is 11.7 Å². The first-order chi connectivity index (χ1) is 12.9. The maximum Gasteiger partial charge on any atom is 0.323 e. The predicted molar refractivity (Wildman–Crippen MR) is 106 cm³/mol. The Hall–Kier alpha value is -2.14. The first-order valence-corrected chi connectivity index (χ1v) is 9.69. The summed E-state index contributed by atoms with van der Waals surface area (Å²) >= 11 is 0. The average molecular weight is 375 g/mol. The Morgan fingerprint density at radius 2 is 1.89 bits per heavy atom. The zero-order chi connectivity index (χ0) is 19.8. The molecule has 2 rings (SSSR count). The van der Waals surface area contributed by atoms with Gasteiger partial charge in [0.15, 0.2) is 0 Å². The van der Waals surface area contributed by atoms with Gasteiger partial charge in [0, 0.05) is 25.0 Å². The molecule has 148 valence electrons. The zero-order valence-corrected chi connectivity index (χ0v) is 16.8. The van der Waals surface area contributed by atoms with Gasteiger partial charge in [-0.2, -0.15) is 0 Å². The van der Waals surface area contributed by atoms with E-state index < -0.39 is 0 Å². The molecule has 1 aromatic heterocycles. The highest BCUT2D eigenvalue weighted by Gasteiger charge is 2.23. The van der Waals surface area contributed by atoms with E-state index in [1.807, 2.05) is 26.1 Å². The number of nitrogens with zero attached hydrogens (tertiary/aromatic N) is 2. The molecule has 0 aliphatic heterocycles. The molecule has 0 N–H and O–H groups in total. The van der Waals surface area contributed by atoms with Crippen LogP contribution in [0.15, 0.2) is 42.6 Å². The van der Waals surface area contributed by atoms with Crippen LogP contribution in [0.5, 0.6) is 0 Å². The van der Waals surface area contributed by atoms with E-state index in [-0.39, 0.29) is 17.8 Å². The fraction of sp³-hybridized carbons (Fsp3) is 0.500. The van der Waals surface area contributed by atoms with E-state index in [1.165, 1.54) is 12.1 Å². The maximum absolute atomic E-state index is 13.1. The Morgan fingerprint density at radius 3 is 2.52 bits per heavy atom. The first-order valence-electron chi connectivity index (χ1n) is 9.69. The smallest absolute Gasteiger partial charge is 0.323 e. The van der Waals surface area contributed by atoms with Crippen molar-refractivity contribution in [3.63, 3.8) is 0 Å². The summed E-state index contributed by atoms with van der Waals surface area (Å²) in [5.74, 6) is 0.153. The average Bonchev–Trinajstić information content (AvgIpc) is 3.06. The molecule has 27 heavy (non-hydrogen) atoms. The van der Waals surface area contributed by atoms with Crippen molar-refractivity contribution >= 4 is 5.97 Å². The third kappa shape index (κ3) is 6.51.